The second kappa shape index (κ2) is 10.8. The van der Waals surface area contributed by atoms with Gasteiger partial charge in [-0.15, -0.1) is 0 Å². The highest BCUT2D eigenvalue weighted by Gasteiger charge is 2.31. The van der Waals surface area contributed by atoms with E-state index in [2.05, 4.69) is 16.7 Å². The van der Waals surface area contributed by atoms with Crippen LogP contribution < -0.4 is 10.5 Å². The highest BCUT2D eigenvalue weighted by Crippen LogP contribution is 2.37. The maximum Gasteiger partial charge on any atom is 0.409 e. The summed E-state index contributed by atoms with van der Waals surface area (Å²) in [6, 6.07) is 9.27. The number of amides is 2. The van der Waals surface area contributed by atoms with Crippen LogP contribution in [0.2, 0.25) is 0 Å². The molecule has 11 nitrogen and oxygen atoms in total. The van der Waals surface area contributed by atoms with Crippen LogP contribution in [0.1, 0.15) is 35.3 Å². The molecule has 3 aromatic heterocycles. The van der Waals surface area contributed by atoms with E-state index in [0.717, 1.165) is 40.3 Å². The van der Waals surface area contributed by atoms with Crippen molar-refractivity contribution >= 4 is 34.1 Å². The van der Waals surface area contributed by atoms with Gasteiger partial charge in [0.2, 0.25) is 0 Å². The second-order valence-corrected chi connectivity index (χ2v) is 12.0. The number of likely N-dealkylation sites (tertiary alicyclic amines) is 1. The van der Waals surface area contributed by atoms with Gasteiger partial charge in [-0.3, -0.25) is 4.79 Å². The largest absolute Gasteiger partial charge is 0.494 e. The van der Waals surface area contributed by atoms with Gasteiger partial charge in [0, 0.05) is 55.8 Å². The van der Waals surface area contributed by atoms with Crippen molar-refractivity contribution in [3.8, 4) is 17.3 Å². The third-order valence-corrected chi connectivity index (χ3v) is 8.77. The number of cyclic esters (lactones) is 1. The molecular formula is C31H36FN7O4. The minimum atomic E-state index is -1.14. The first-order valence-corrected chi connectivity index (χ1v) is 14.9. The molecule has 0 radical (unpaired) electrons. The van der Waals surface area contributed by atoms with Gasteiger partial charge in [-0.1, -0.05) is 0 Å². The van der Waals surface area contributed by atoms with E-state index in [-0.39, 0.29) is 31.0 Å². The average molecular weight is 590 g/mol. The van der Waals surface area contributed by atoms with Crippen molar-refractivity contribution in [2.24, 2.45) is 18.7 Å². The van der Waals surface area contributed by atoms with Crippen molar-refractivity contribution in [2.75, 3.05) is 39.9 Å². The molecule has 1 aliphatic carbocycles. The first-order valence-electron chi connectivity index (χ1n) is 14.9. The minimum Gasteiger partial charge on any atom is -0.494 e. The Morgan fingerprint density at radius 1 is 1.19 bits per heavy atom. The van der Waals surface area contributed by atoms with Crippen LogP contribution in [-0.2, 0) is 24.8 Å². The number of nitrogens with zero attached hydrogens (tertiary/aromatic N) is 6. The summed E-state index contributed by atoms with van der Waals surface area (Å²) in [4.78, 5) is 38.6. The van der Waals surface area contributed by atoms with Crippen molar-refractivity contribution in [2.45, 2.75) is 44.4 Å². The third-order valence-electron chi connectivity index (χ3n) is 8.77. The van der Waals surface area contributed by atoms with Gasteiger partial charge in [-0.25, -0.2) is 19.2 Å². The standard InChI is InChI=1S/C31H36FN7O4/c1-36-27-24(11-20(13-26(27)42-2)30(40)38-16-21(32)14-22(33)17-38)35-29(36)25-12-19-5-6-23(7-8-37-9-10-43-31(37)41)34-28(19)39(25)15-18-3-4-18/h5-6,11-13,18,21-22H,3-4,7-10,14-17,33H2,1-2H3/t21-,22-/m1/s1. The van der Waals surface area contributed by atoms with Crippen LogP contribution in [0, 0.1) is 5.92 Å². The van der Waals surface area contributed by atoms with E-state index < -0.39 is 6.17 Å². The number of nitrogens with two attached hydrogens (primary N) is 1. The SMILES string of the molecule is COc1cc(C(=O)N2C[C@H](N)C[C@@H](F)C2)cc2nc(-c3cc4ccc(CCN5CCOC5=O)nc4n3CC3CC3)n(C)c12. The molecule has 2 aliphatic heterocycles. The summed E-state index contributed by atoms with van der Waals surface area (Å²) in [6.45, 7) is 2.77. The van der Waals surface area contributed by atoms with Gasteiger partial charge in [0.25, 0.3) is 5.91 Å². The number of carbonyl (C=O) groups excluding carboxylic acids is 2. The summed E-state index contributed by atoms with van der Waals surface area (Å²) in [5, 5.41) is 1.01. The summed E-state index contributed by atoms with van der Waals surface area (Å²) in [5.74, 6) is 1.56. The first kappa shape index (κ1) is 27.6. The zero-order valence-electron chi connectivity index (χ0n) is 24.5. The number of pyridine rings is 1. The Hall–Kier alpha value is -4.19. The number of aromatic nitrogens is 4. The fraction of sp³-hybridized carbons (Fsp3) is 0.484. The first-order chi connectivity index (χ1) is 20.8. The number of fused-ring (bicyclic) bond motifs is 2. The van der Waals surface area contributed by atoms with Crippen molar-refractivity contribution in [1.29, 1.82) is 0 Å². The topological polar surface area (TPSA) is 121 Å². The molecule has 0 spiro atoms. The number of imidazole rings is 1. The van der Waals surface area contributed by atoms with Gasteiger partial charge in [0.05, 0.1) is 31.4 Å². The maximum atomic E-state index is 14.2. The van der Waals surface area contributed by atoms with Gasteiger partial charge in [0.15, 0.2) is 5.82 Å². The van der Waals surface area contributed by atoms with Crippen molar-refractivity contribution in [3.63, 3.8) is 0 Å². The predicted octanol–water partition coefficient (Wildman–Crippen LogP) is 3.51. The van der Waals surface area contributed by atoms with Crippen molar-refractivity contribution in [3.05, 3.63) is 41.6 Å². The molecule has 12 heteroatoms. The normalized spacial score (nSPS) is 20.8. The molecule has 0 unspecified atom stereocenters. The molecule has 3 fully saturated rings. The van der Waals surface area contributed by atoms with Crippen molar-refractivity contribution < 1.29 is 23.5 Å². The number of alkyl halides is 1. The molecule has 43 heavy (non-hydrogen) atoms. The van der Waals surface area contributed by atoms with Crippen LogP contribution in [0.5, 0.6) is 5.75 Å². The predicted molar refractivity (Wildman–Crippen MR) is 159 cm³/mol. The number of hydrogen-bond acceptors (Lipinski definition) is 7. The molecule has 1 saturated carbocycles. The quantitative estimate of drug-likeness (QED) is 0.334. The van der Waals surface area contributed by atoms with E-state index in [4.69, 9.17) is 25.2 Å². The zero-order chi connectivity index (χ0) is 29.8. The Bertz CT molecular complexity index is 1720. The molecule has 0 bridgehead atoms. The Kier molecular flexibility index (Phi) is 6.95. The molecule has 1 aromatic carbocycles. The number of piperidine rings is 1. The second-order valence-electron chi connectivity index (χ2n) is 12.0. The van der Waals surface area contributed by atoms with E-state index in [1.165, 1.54) is 17.7 Å². The highest BCUT2D eigenvalue weighted by atomic mass is 19.1. The Morgan fingerprint density at radius 3 is 2.74 bits per heavy atom. The minimum absolute atomic E-state index is 0.0265. The van der Waals surface area contributed by atoms with E-state index in [1.54, 1.807) is 24.1 Å². The summed E-state index contributed by atoms with van der Waals surface area (Å²) in [5.41, 5.74) is 10.5. The molecular weight excluding hydrogens is 553 g/mol. The zero-order valence-corrected chi connectivity index (χ0v) is 24.5. The van der Waals surface area contributed by atoms with Crippen LogP contribution in [-0.4, -0.2) is 93.0 Å². The lowest BCUT2D eigenvalue weighted by Gasteiger charge is -2.33. The Morgan fingerprint density at radius 2 is 2.02 bits per heavy atom. The molecule has 4 aromatic rings. The molecule has 2 saturated heterocycles. The van der Waals surface area contributed by atoms with Crippen LogP contribution >= 0.6 is 0 Å². The molecule has 5 heterocycles. The number of aryl methyl sites for hydroxylation is 1. The van der Waals surface area contributed by atoms with Crippen LogP contribution in [0.15, 0.2) is 30.3 Å². The molecule has 2 N–H and O–H groups in total. The number of ether oxygens (including phenoxy) is 2. The molecule has 2 amide bonds. The number of hydrogen-bond donors (Lipinski definition) is 1. The van der Waals surface area contributed by atoms with Crippen LogP contribution in [0.25, 0.3) is 33.6 Å². The average Bonchev–Trinajstić information content (AvgIpc) is 3.48. The highest BCUT2D eigenvalue weighted by molar-refractivity contribution is 6.00. The number of methoxy groups -OCH3 is 1. The lowest BCUT2D eigenvalue weighted by atomic mass is 10.0. The van der Waals surface area contributed by atoms with Gasteiger partial charge in [-0.2, -0.15) is 0 Å². The van der Waals surface area contributed by atoms with Crippen molar-refractivity contribution in [1.82, 2.24) is 28.9 Å². The molecule has 2 atom stereocenters. The fourth-order valence-electron chi connectivity index (χ4n) is 6.35. The number of rotatable bonds is 8. The molecule has 226 valence electrons. The lowest BCUT2D eigenvalue weighted by Crippen LogP contribution is -2.50. The Labute approximate surface area is 248 Å². The van der Waals surface area contributed by atoms with Crippen LogP contribution in [0.4, 0.5) is 9.18 Å². The van der Waals surface area contributed by atoms with E-state index >= 15 is 0 Å². The third kappa shape index (κ3) is 5.17. The monoisotopic (exact) mass is 589 g/mol. The van der Waals surface area contributed by atoms with E-state index in [0.29, 0.717) is 55.4 Å². The lowest BCUT2D eigenvalue weighted by molar-refractivity contribution is 0.0606. The number of halogens is 1. The summed E-state index contributed by atoms with van der Waals surface area (Å²) in [6.07, 6.45) is 1.84. The summed E-state index contributed by atoms with van der Waals surface area (Å²) in [7, 11) is 3.51. The molecule has 3 aliphatic rings. The summed E-state index contributed by atoms with van der Waals surface area (Å²) < 4.78 is 29.3. The number of benzene rings is 1. The van der Waals surface area contributed by atoms with Gasteiger partial charge >= 0.3 is 6.09 Å². The fourth-order valence-corrected chi connectivity index (χ4v) is 6.35. The van der Waals surface area contributed by atoms with Gasteiger partial charge < -0.3 is 34.1 Å². The van der Waals surface area contributed by atoms with Gasteiger partial charge in [0.1, 0.15) is 29.7 Å². The van der Waals surface area contributed by atoms with E-state index in [1.807, 2.05) is 17.7 Å². The Balaban J connectivity index is 1.26. The smallest absolute Gasteiger partial charge is 0.409 e. The molecule has 7 rings (SSSR count). The van der Waals surface area contributed by atoms with Crippen LogP contribution in [0.3, 0.4) is 0 Å². The van der Waals surface area contributed by atoms with E-state index in [9.17, 15) is 14.0 Å². The summed E-state index contributed by atoms with van der Waals surface area (Å²) >= 11 is 0. The number of carbonyl (C=O) groups is 2. The van der Waals surface area contributed by atoms with Gasteiger partial charge in [-0.05, 0) is 55.5 Å². The maximum absolute atomic E-state index is 14.2.